The van der Waals surface area contributed by atoms with Gasteiger partial charge >= 0.3 is 0 Å². The Kier molecular flexibility index (Phi) is 4.25. The second-order valence-corrected chi connectivity index (χ2v) is 5.04. The second kappa shape index (κ2) is 6.66. The lowest BCUT2D eigenvalue weighted by Crippen LogP contribution is -2.13. The van der Waals surface area contributed by atoms with Crippen molar-refractivity contribution < 1.29 is 9.90 Å². The zero-order valence-electron chi connectivity index (χ0n) is 12.4. The minimum atomic E-state index is -0.213. The van der Waals surface area contributed by atoms with Crippen molar-refractivity contribution in [3.8, 4) is 5.75 Å². The number of para-hydroxylation sites is 2. The van der Waals surface area contributed by atoms with Crippen LogP contribution in [-0.4, -0.2) is 11.0 Å². The molecule has 3 aromatic carbocycles. The van der Waals surface area contributed by atoms with Gasteiger partial charge in [-0.15, -0.1) is 0 Å². The van der Waals surface area contributed by atoms with Gasteiger partial charge in [-0.3, -0.25) is 4.79 Å². The molecule has 0 aliphatic rings. The molecule has 0 unspecified atom stereocenters. The number of hydrogen-bond acceptors (Lipinski definition) is 3. The Hall–Kier alpha value is -3.27. The van der Waals surface area contributed by atoms with Crippen molar-refractivity contribution in [2.75, 3.05) is 10.6 Å². The summed E-state index contributed by atoms with van der Waals surface area (Å²) in [5, 5.41) is 15.4. The normalized spacial score (nSPS) is 10.1. The van der Waals surface area contributed by atoms with E-state index in [1.807, 2.05) is 48.5 Å². The fourth-order valence-electron chi connectivity index (χ4n) is 2.21. The van der Waals surface area contributed by atoms with E-state index in [-0.39, 0.29) is 11.7 Å². The Labute approximate surface area is 134 Å². The van der Waals surface area contributed by atoms with Crippen LogP contribution in [0.15, 0.2) is 78.9 Å². The largest absolute Gasteiger partial charge is 0.508 e. The van der Waals surface area contributed by atoms with Gasteiger partial charge in [0.15, 0.2) is 0 Å². The molecule has 114 valence electrons. The van der Waals surface area contributed by atoms with Gasteiger partial charge in [0.25, 0.3) is 5.91 Å². The molecule has 0 saturated carbocycles. The van der Waals surface area contributed by atoms with E-state index < -0.39 is 0 Å². The minimum Gasteiger partial charge on any atom is -0.508 e. The third-order valence-electron chi connectivity index (χ3n) is 3.35. The highest BCUT2D eigenvalue weighted by Gasteiger charge is 2.11. The lowest BCUT2D eigenvalue weighted by Gasteiger charge is -2.12. The summed E-state index contributed by atoms with van der Waals surface area (Å²) in [4.78, 5) is 12.5. The third-order valence-corrected chi connectivity index (χ3v) is 3.35. The Morgan fingerprint density at radius 1 is 0.739 bits per heavy atom. The van der Waals surface area contributed by atoms with Gasteiger partial charge in [0.05, 0.1) is 11.3 Å². The topological polar surface area (TPSA) is 61.4 Å². The smallest absolute Gasteiger partial charge is 0.257 e. The highest BCUT2D eigenvalue weighted by atomic mass is 16.3. The van der Waals surface area contributed by atoms with Crippen molar-refractivity contribution in [1.82, 2.24) is 0 Å². The SMILES string of the molecule is O=C(Nc1ccc(O)cc1)c1ccccc1Nc1ccccc1. The Balaban J connectivity index is 1.82. The lowest BCUT2D eigenvalue weighted by atomic mass is 10.1. The number of phenolic OH excluding ortho intramolecular Hbond substituents is 1. The molecule has 4 nitrogen and oxygen atoms in total. The first kappa shape index (κ1) is 14.7. The maximum Gasteiger partial charge on any atom is 0.257 e. The van der Waals surface area contributed by atoms with E-state index >= 15 is 0 Å². The second-order valence-electron chi connectivity index (χ2n) is 5.04. The Morgan fingerprint density at radius 2 is 1.39 bits per heavy atom. The van der Waals surface area contributed by atoms with Crippen LogP contribution in [0, 0.1) is 0 Å². The zero-order valence-corrected chi connectivity index (χ0v) is 12.4. The number of carbonyl (C=O) groups excluding carboxylic acids is 1. The predicted octanol–water partition coefficient (Wildman–Crippen LogP) is 4.39. The molecule has 0 saturated heterocycles. The quantitative estimate of drug-likeness (QED) is 0.626. The van der Waals surface area contributed by atoms with Gasteiger partial charge in [0.1, 0.15) is 5.75 Å². The highest BCUT2D eigenvalue weighted by Crippen LogP contribution is 2.22. The Morgan fingerprint density at radius 3 is 2.13 bits per heavy atom. The summed E-state index contributed by atoms with van der Waals surface area (Å²) in [5.41, 5.74) is 2.82. The Bertz CT molecular complexity index is 799. The number of phenols is 1. The lowest BCUT2D eigenvalue weighted by molar-refractivity contribution is 0.102. The first-order valence-electron chi connectivity index (χ1n) is 7.24. The van der Waals surface area contributed by atoms with Crippen molar-refractivity contribution in [2.24, 2.45) is 0 Å². The molecule has 3 N–H and O–H groups in total. The number of anilines is 3. The van der Waals surface area contributed by atoms with Crippen LogP contribution >= 0.6 is 0 Å². The summed E-state index contributed by atoms with van der Waals surface area (Å²) in [6, 6.07) is 23.4. The minimum absolute atomic E-state index is 0.161. The number of aromatic hydroxyl groups is 1. The van der Waals surface area contributed by atoms with E-state index in [1.54, 1.807) is 18.2 Å². The standard InChI is InChI=1S/C19H16N2O2/c22-16-12-10-15(11-13-16)21-19(23)17-8-4-5-9-18(17)20-14-6-2-1-3-7-14/h1-13,20,22H,(H,21,23). The van der Waals surface area contributed by atoms with E-state index in [1.165, 1.54) is 12.1 Å². The van der Waals surface area contributed by atoms with Crippen molar-refractivity contribution in [1.29, 1.82) is 0 Å². The summed E-state index contributed by atoms with van der Waals surface area (Å²) < 4.78 is 0. The van der Waals surface area contributed by atoms with Crippen LogP contribution < -0.4 is 10.6 Å². The zero-order chi connectivity index (χ0) is 16.1. The molecule has 0 heterocycles. The molecule has 3 aromatic rings. The molecule has 3 rings (SSSR count). The fourth-order valence-corrected chi connectivity index (χ4v) is 2.21. The first-order valence-corrected chi connectivity index (χ1v) is 7.24. The van der Waals surface area contributed by atoms with Crippen LogP contribution in [0.5, 0.6) is 5.75 Å². The van der Waals surface area contributed by atoms with E-state index in [0.29, 0.717) is 11.3 Å². The molecule has 0 radical (unpaired) electrons. The summed E-state index contributed by atoms with van der Waals surface area (Å²) in [6.07, 6.45) is 0. The average Bonchev–Trinajstić information content (AvgIpc) is 2.58. The van der Waals surface area contributed by atoms with Gasteiger partial charge in [-0.05, 0) is 48.5 Å². The van der Waals surface area contributed by atoms with Crippen LogP contribution in [0.1, 0.15) is 10.4 Å². The molecule has 23 heavy (non-hydrogen) atoms. The van der Waals surface area contributed by atoms with Crippen LogP contribution in [-0.2, 0) is 0 Å². The molecule has 1 amide bonds. The van der Waals surface area contributed by atoms with Gasteiger partial charge in [-0.2, -0.15) is 0 Å². The number of amides is 1. The van der Waals surface area contributed by atoms with Crippen LogP contribution in [0.25, 0.3) is 0 Å². The van der Waals surface area contributed by atoms with Crippen LogP contribution in [0.3, 0.4) is 0 Å². The molecule has 0 atom stereocenters. The van der Waals surface area contributed by atoms with Crippen molar-refractivity contribution in [2.45, 2.75) is 0 Å². The van der Waals surface area contributed by atoms with Gasteiger partial charge in [-0.1, -0.05) is 30.3 Å². The van der Waals surface area contributed by atoms with Gasteiger partial charge in [0, 0.05) is 11.4 Å². The predicted molar refractivity (Wildman–Crippen MR) is 92.2 cm³/mol. The maximum atomic E-state index is 12.5. The number of nitrogens with one attached hydrogen (secondary N) is 2. The summed E-state index contributed by atoms with van der Waals surface area (Å²) in [5.74, 6) is -0.0520. The number of benzene rings is 3. The number of carbonyl (C=O) groups is 1. The van der Waals surface area contributed by atoms with E-state index in [9.17, 15) is 9.90 Å². The number of hydrogen-bond donors (Lipinski definition) is 3. The maximum absolute atomic E-state index is 12.5. The molecular weight excluding hydrogens is 288 g/mol. The molecule has 0 fully saturated rings. The van der Waals surface area contributed by atoms with E-state index in [4.69, 9.17) is 0 Å². The first-order chi connectivity index (χ1) is 11.2. The van der Waals surface area contributed by atoms with Crippen LogP contribution in [0.2, 0.25) is 0 Å². The summed E-state index contributed by atoms with van der Waals surface area (Å²) in [7, 11) is 0. The van der Waals surface area contributed by atoms with Crippen molar-refractivity contribution in [3.05, 3.63) is 84.4 Å². The summed E-state index contributed by atoms with van der Waals surface area (Å²) in [6.45, 7) is 0. The van der Waals surface area contributed by atoms with Gasteiger partial charge in [-0.25, -0.2) is 0 Å². The molecule has 0 aliphatic heterocycles. The van der Waals surface area contributed by atoms with Crippen LogP contribution in [0.4, 0.5) is 17.1 Å². The van der Waals surface area contributed by atoms with Gasteiger partial charge < -0.3 is 15.7 Å². The molecule has 0 aliphatic carbocycles. The number of rotatable bonds is 4. The molecule has 0 bridgehead atoms. The fraction of sp³-hybridized carbons (Fsp3) is 0. The van der Waals surface area contributed by atoms with E-state index in [0.717, 1.165) is 11.4 Å². The highest BCUT2D eigenvalue weighted by molar-refractivity contribution is 6.08. The van der Waals surface area contributed by atoms with Crippen molar-refractivity contribution >= 4 is 23.0 Å². The van der Waals surface area contributed by atoms with Crippen molar-refractivity contribution in [3.63, 3.8) is 0 Å². The summed E-state index contributed by atoms with van der Waals surface area (Å²) >= 11 is 0. The monoisotopic (exact) mass is 304 g/mol. The van der Waals surface area contributed by atoms with Gasteiger partial charge in [0.2, 0.25) is 0 Å². The molecule has 0 aromatic heterocycles. The van der Waals surface area contributed by atoms with E-state index in [2.05, 4.69) is 10.6 Å². The average molecular weight is 304 g/mol. The molecule has 4 heteroatoms. The molecule has 0 spiro atoms. The molecular formula is C19H16N2O2. The third kappa shape index (κ3) is 3.68.